The van der Waals surface area contributed by atoms with E-state index in [0.717, 1.165) is 42.1 Å². The lowest BCUT2D eigenvalue weighted by Crippen LogP contribution is -2.40. The molecule has 0 unspecified atom stereocenters. The Kier molecular flexibility index (Phi) is 7.01. The summed E-state index contributed by atoms with van der Waals surface area (Å²) in [5.74, 6) is 0.757. The van der Waals surface area contributed by atoms with Crippen molar-refractivity contribution in [2.24, 2.45) is 0 Å². The molecule has 0 aliphatic heterocycles. The molecule has 142 valence electrons. The molecule has 0 saturated heterocycles. The highest BCUT2D eigenvalue weighted by Crippen LogP contribution is 2.22. The monoisotopic (exact) mass is 355 g/mol. The third-order valence-electron chi connectivity index (χ3n) is 4.43. The SMILES string of the molecule is CCCCCc1cc2ccc(CCCC(=O)NC(C)(C)C)cc2nc1N. The molecule has 0 aliphatic rings. The summed E-state index contributed by atoms with van der Waals surface area (Å²) < 4.78 is 0. The predicted octanol–water partition coefficient (Wildman–Crippen LogP) is 4.79. The molecule has 1 aromatic heterocycles. The molecule has 3 N–H and O–H groups in total. The lowest BCUT2D eigenvalue weighted by molar-refractivity contribution is -0.122. The number of rotatable bonds is 8. The van der Waals surface area contributed by atoms with E-state index >= 15 is 0 Å². The molecule has 2 aromatic rings. The van der Waals surface area contributed by atoms with E-state index < -0.39 is 0 Å². The summed E-state index contributed by atoms with van der Waals surface area (Å²) in [6, 6.07) is 8.53. The maximum Gasteiger partial charge on any atom is 0.220 e. The molecule has 0 spiro atoms. The number of benzene rings is 1. The van der Waals surface area contributed by atoms with Crippen molar-refractivity contribution < 1.29 is 4.79 Å². The Labute approximate surface area is 157 Å². The number of anilines is 1. The zero-order valence-corrected chi connectivity index (χ0v) is 16.7. The Balaban J connectivity index is 1.98. The summed E-state index contributed by atoms with van der Waals surface area (Å²) in [5.41, 5.74) is 9.28. The second-order valence-corrected chi connectivity index (χ2v) is 8.17. The van der Waals surface area contributed by atoms with E-state index in [0.29, 0.717) is 12.2 Å². The Morgan fingerprint density at radius 1 is 1.12 bits per heavy atom. The summed E-state index contributed by atoms with van der Waals surface area (Å²) >= 11 is 0. The topological polar surface area (TPSA) is 68.0 Å². The number of carbonyl (C=O) groups excluding carboxylic acids is 1. The van der Waals surface area contributed by atoms with Crippen LogP contribution in [0.3, 0.4) is 0 Å². The Morgan fingerprint density at radius 3 is 2.58 bits per heavy atom. The number of hydrogen-bond donors (Lipinski definition) is 2. The van der Waals surface area contributed by atoms with E-state index in [1.54, 1.807) is 0 Å². The lowest BCUT2D eigenvalue weighted by Gasteiger charge is -2.20. The molecule has 2 rings (SSSR count). The van der Waals surface area contributed by atoms with Crippen LogP contribution in [0, 0.1) is 0 Å². The van der Waals surface area contributed by atoms with Crippen molar-refractivity contribution in [2.75, 3.05) is 5.73 Å². The average Bonchev–Trinajstić information content (AvgIpc) is 2.54. The highest BCUT2D eigenvalue weighted by Gasteiger charge is 2.13. The Morgan fingerprint density at radius 2 is 1.88 bits per heavy atom. The van der Waals surface area contributed by atoms with Gasteiger partial charge < -0.3 is 11.1 Å². The summed E-state index contributed by atoms with van der Waals surface area (Å²) in [6.07, 6.45) is 6.82. The Hall–Kier alpha value is -2.10. The average molecular weight is 356 g/mol. The number of fused-ring (bicyclic) bond motifs is 1. The lowest BCUT2D eigenvalue weighted by atomic mass is 10.0. The van der Waals surface area contributed by atoms with E-state index in [-0.39, 0.29) is 11.4 Å². The number of aryl methyl sites for hydroxylation is 2. The number of nitrogens with one attached hydrogen (secondary N) is 1. The molecule has 4 heteroatoms. The molecule has 0 fully saturated rings. The maximum absolute atomic E-state index is 11.9. The van der Waals surface area contributed by atoms with Crippen molar-refractivity contribution in [3.05, 3.63) is 35.4 Å². The van der Waals surface area contributed by atoms with Gasteiger partial charge in [0.1, 0.15) is 5.82 Å². The summed E-state index contributed by atoms with van der Waals surface area (Å²) in [7, 11) is 0. The molecule has 1 heterocycles. The zero-order valence-electron chi connectivity index (χ0n) is 16.7. The number of amides is 1. The minimum absolute atomic E-state index is 0.109. The third kappa shape index (κ3) is 6.32. The fourth-order valence-corrected chi connectivity index (χ4v) is 3.13. The van der Waals surface area contributed by atoms with Crippen molar-refractivity contribution in [1.29, 1.82) is 0 Å². The number of aromatic nitrogens is 1. The van der Waals surface area contributed by atoms with Crippen LogP contribution in [0.15, 0.2) is 24.3 Å². The van der Waals surface area contributed by atoms with Crippen LogP contribution in [0.25, 0.3) is 10.9 Å². The van der Waals surface area contributed by atoms with Gasteiger partial charge in [0.25, 0.3) is 0 Å². The molecule has 0 saturated carbocycles. The first kappa shape index (κ1) is 20.2. The number of nitrogen functional groups attached to an aromatic ring is 1. The Bertz CT molecular complexity index is 747. The second kappa shape index (κ2) is 9.02. The maximum atomic E-state index is 11.9. The normalized spacial score (nSPS) is 11.7. The van der Waals surface area contributed by atoms with Crippen LogP contribution < -0.4 is 11.1 Å². The number of carbonyl (C=O) groups is 1. The standard InChI is InChI=1S/C22H33N3O/c1-5-6-7-10-18-15-17-13-12-16(14-19(17)24-21(18)23)9-8-11-20(26)25-22(2,3)4/h12-15H,5-11H2,1-4H3,(H2,23,24)(H,25,26). The van der Waals surface area contributed by atoms with E-state index in [9.17, 15) is 4.79 Å². The minimum Gasteiger partial charge on any atom is -0.383 e. The van der Waals surface area contributed by atoms with Gasteiger partial charge in [-0.2, -0.15) is 0 Å². The van der Waals surface area contributed by atoms with Crippen LogP contribution in [0.4, 0.5) is 5.82 Å². The van der Waals surface area contributed by atoms with Crippen molar-refractivity contribution in [3.63, 3.8) is 0 Å². The smallest absolute Gasteiger partial charge is 0.220 e. The van der Waals surface area contributed by atoms with Crippen LogP contribution in [-0.4, -0.2) is 16.4 Å². The number of unbranched alkanes of at least 4 members (excludes halogenated alkanes) is 2. The molecule has 1 amide bonds. The largest absolute Gasteiger partial charge is 0.383 e. The van der Waals surface area contributed by atoms with Crippen molar-refractivity contribution in [2.45, 2.75) is 78.2 Å². The van der Waals surface area contributed by atoms with Crippen LogP contribution in [0.5, 0.6) is 0 Å². The number of nitrogens with two attached hydrogens (primary N) is 1. The number of pyridine rings is 1. The van der Waals surface area contributed by atoms with Gasteiger partial charge in [-0.15, -0.1) is 0 Å². The number of hydrogen-bond acceptors (Lipinski definition) is 3. The van der Waals surface area contributed by atoms with Crippen LogP contribution in [0.2, 0.25) is 0 Å². The molecular formula is C22H33N3O. The fourth-order valence-electron chi connectivity index (χ4n) is 3.13. The van der Waals surface area contributed by atoms with E-state index in [2.05, 4.69) is 41.5 Å². The summed E-state index contributed by atoms with van der Waals surface area (Å²) in [5, 5.41) is 4.14. The van der Waals surface area contributed by atoms with E-state index in [1.807, 2.05) is 20.8 Å². The van der Waals surface area contributed by atoms with Gasteiger partial charge in [0, 0.05) is 17.3 Å². The molecule has 1 aromatic carbocycles. The first-order valence-electron chi connectivity index (χ1n) is 9.77. The highest BCUT2D eigenvalue weighted by atomic mass is 16.1. The van der Waals surface area contributed by atoms with Crippen molar-refractivity contribution in [3.8, 4) is 0 Å². The zero-order chi connectivity index (χ0) is 19.2. The first-order chi connectivity index (χ1) is 12.3. The molecule has 0 aliphatic carbocycles. The fraction of sp³-hybridized carbons (Fsp3) is 0.545. The number of nitrogens with zero attached hydrogens (tertiary/aromatic N) is 1. The van der Waals surface area contributed by atoms with Gasteiger partial charge in [0.15, 0.2) is 0 Å². The van der Waals surface area contributed by atoms with Gasteiger partial charge in [-0.1, -0.05) is 31.9 Å². The van der Waals surface area contributed by atoms with Gasteiger partial charge in [-0.05, 0) is 69.7 Å². The molecule has 0 radical (unpaired) electrons. The molecule has 4 nitrogen and oxygen atoms in total. The molecule has 0 bridgehead atoms. The quantitative estimate of drug-likeness (QED) is 0.669. The van der Waals surface area contributed by atoms with Crippen LogP contribution in [0.1, 0.15) is 70.9 Å². The first-order valence-corrected chi connectivity index (χ1v) is 9.77. The molecular weight excluding hydrogens is 322 g/mol. The van der Waals surface area contributed by atoms with Gasteiger partial charge in [-0.3, -0.25) is 4.79 Å². The van der Waals surface area contributed by atoms with Gasteiger partial charge in [0.05, 0.1) is 5.52 Å². The van der Waals surface area contributed by atoms with Crippen molar-refractivity contribution >= 4 is 22.6 Å². The summed E-state index contributed by atoms with van der Waals surface area (Å²) in [4.78, 5) is 16.5. The second-order valence-electron chi connectivity index (χ2n) is 8.17. The summed E-state index contributed by atoms with van der Waals surface area (Å²) in [6.45, 7) is 8.21. The van der Waals surface area contributed by atoms with Gasteiger partial charge in [0.2, 0.25) is 5.91 Å². The minimum atomic E-state index is -0.170. The predicted molar refractivity (Wildman–Crippen MR) is 110 cm³/mol. The third-order valence-corrected chi connectivity index (χ3v) is 4.43. The van der Waals surface area contributed by atoms with Gasteiger partial charge >= 0.3 is 0 Å². The van der Waals surface area contributed by atoms with Crippen LogP contribution in [-0.2, 0) is 17.6 Å². The van der Waals surface area contributed by atoms with Crippen molar-refractivity contribution in [1.82, 2.24) is 10.3 Å². The van der Waals surface area contributed by atoms with Crippen LogP contribution >= 0.6 is 0 Å². The molecule has 26 heavy (non-hydrogen) atoms. The van der Waals surface area contributed by atoms with E-state index in [4.69, 9.17) is 5.73 Å². The van der Waals surface area contributed by atoms with E-state index in [1.165, 1.54) is 18.4 Å². The molecule has 0 atom stereocenters. The highest BCUT2D eigenvalue weighted by molar-refractivity contribution is 5.82. The van der Waals surface area contributed by atoms with Gasteiger partial charge in [-0.25, -0.2) is 4.98 Å².